The Hall–Kier alpha value is -3.47. The third kappa shape index (κ3) is 3.40. The lowest BCUT2D eigenvalue weighted by molar-refractivity contribution is 0.789. The molecule has 1 aromatic heterocycles. The molecule has 0 aliphatic carbocycles. The average Bonchev–Trinajstić information content (AvgIpc) is 3.23. The highest BCUT2D eigenvalue weighted by Gasteiger charge is 2.13. The summed E-state index contributed by atoms with van der Waals surface area (Å²) in [7, 11) is 0. The van der Waals surface area contributed by atoms with Crippen molar-refractivity contribution in [3.8, 4) is 5.69 Å². The summed E-state index contributed by atoms with van der Waals surface area (Å²) >= 11 is 0. The number of tetrazole rings is 1. The maximum Gasteiger partial charge on any atom is 0.143 e. The van der Waals surface area contributed by atoms with Crippen LogP contribution < -0.4 is 5.32 Å². The van der Waals surface area contributed by atoms with Gasteiger partial charge in [-0.05, 0) is 39.8 Å². The third-order valence-corrected chi connectivity index (χ3v) is 4.04. The molecule has 4 rings (SSSR count). The Labute approximate surface area is 146 Å². The molecule has 0 fully saturated rings. The average molecular weight is 327 g/mol. The number of rotatable bonds is 5. The summed E-state index contributed by atoms with van der Waals surface area (Å²) in [5, 5.41) is 15.0. The SMILES string of the molecule is c1ccc(C(Nc2cccc(-n3cnnn3)c2)c2ccccc2)cc1. The Balaban J connectivity index is 1.69. The van der Waals surface area contributed by atoms with E-state index in [1.807, 2.05) is 36.4 Å². The fourth-order valence-electron chi connectivity index (χ4n) is 2.83. The van der Waals surface area contributed by atoms with E-state index in [4.69, 9.17) is 0 Å². The lowest BCUT2D eigenvalue weighted by atomic mass is 9.98. The molecule has 4 aromatic rings. The topological polar surface area (TPSA) is 55.6 Å². The van der Waals surface area contributed by atoms with Crippen LogP contribution in [-0.2, 0) is 0 Å². The minimum atomic E-state index is 0.0616. The summed E-state index contributed by atoms with van der Waals surface area (Å²) in [4.78, 5) is 0. The van der Waals surface area contributed by atoms with Gasteiger partial charge in [0.15, 0.2) is 0 Å². The Kier molecular flexibility index (Phi) is 4.20. The third-order valence-electron chi connectivity index (χ3n) is 4.04. The van der Waals surface area contributed by atoms with E-state index in [1.165, 1.54) is 11.1 Å². The highest BCUT2D eigenvalue weighted by Crippen LogP contribution is 2.27. The van der Waals surface area contributed by atoms with Gasteiger partial charge >= 0.3 is 0 Å². The quantitative estimate of drug-likeness (QED) is 0.605. The molecular formula is C20H17N5. The standard InChI is InChI=1S/C20H17N5/c1-3-8-16(9-4-1)20(17-10-5-2-6-11-17)22-18-12-7-13-19(14-18)25-15-21-23-24-25/h1-15,20,22H. The number of benzene rings is 3. The van der Waals surface area contributed by atoms with Crippen LogP contribution in [0.25, 0.3) is 5.69 Å². The van der Waals surface area contributed by atoms with Gasteiger partial charge in [0.25, 0.3) is 0 Å². The van der Waals surface area contributed by atoms with E-state index < -0.39 is 0 Å². The molecule has 0 unspecified atom stereocenters. The lowest BCUT2D eigenvalue weighted by Gasteiger charge is -2.21. The minimum absolute atomic E-state index is 0.0616. The van der Waals surface area contributed by atoms with Crippen LogP contribution in [0.4, 0.5) is 5.69 Å². The van der Waals surface area contributed by atoms with E-state index in [9.17, 15) is 0 Å². The van der Waals surface area contributed by atoms with Gasteiger partial charge in [0, 0.05) is 5.69 Å². The molecule has 1 heterocycles. The molecule has 5 nitrogen and oxygen atoms in total. The summed E-state index contributed by atoms with van der Waals surface area (Å²) in [6, 6.07) is 29.0. The van der Waals surface area contributed by atoms with Crippen molar-refractivity contribution in [3.05, 3.63) is 102 Å². The van der Waals surface area contributed by atoms with Gasteiger partial charge < -0.3 is 5.32 Å². The molecule has 0 saturated carbocycles. The molecule has 0 bridgehead atoms. The van der Waals surface area contributed by atoms with Crippen LogP contribution in [0.15, 0.2) is 91.3 Å². The molecule has 0 amide bonds. The zero-order valence-corrected chi connectivity index (χ0v) is 13.5. The molecule has 122 valence electrons. The first-order valence-corrected chi connectivity index (χ1v) is 8.10. The Bertz CT molecular complexity index is 881. The van der Waals surface area contributed by atoms with Crippen molar-refractivity contribution in [2.45, 2.75) is 6.04 Å². The number of aromatic nitrogens is 4. The van der Waals surface area contributed by atoms with Gasteiger partial charge in [-0.15, -0.1) is 5.10 Å². The molecule has 5 heteroatoms. The lowest BCUT2D eigenvalue weighted by Crippen LogP contribution is -2.12. The summed E-state index contributed by atoms with van der Waals surface area (Å²) in [6.45, 7) is 0. The normalized spacial score (nSPS) is 10.8. The highest BCUT2D eigenvalue weighted by molar-refractivity contribution is 5.54. The Morgan fingerprint density at radius 3 is 2.04 bits per heavy atom. The molecule has 3 aromatic carbocycles. The monoisotopic (exact) mass is 327 g/mol. The van der Waals surface area contributed by atoms with Crippen molar-refractivity contribution in [3.63, 3.8) is 0 Å². The van der Waals surface area contributed by atoms with Crippen molar-refractivity contribution in [1.82, 2.24) is 20.2 Å². The van der Waals surface area contributed by atoms with E-state index in [2.05, 4.69) is 69.4 Å². The number of nitrogens with zero attached hydrogens (tertiary/aromatic N) is 4. The molecule has 0 radical (unpaired) electrons. The van der Waals surface area contributed by atoms with Crippen molar-refractivity contribution >= 4 is 5.69 Å². The van der Waals surface area contributed by atoms with E-state index >= 15 is 0 Å². The van der Waals surface area contributed by atoms with Gasteiger partial charge in [-0.3, -0.25) is 0 Å². The van der Waals surface area contributed by atoms with Crippen LogP contribution in [0, 0.1) is 0 Å². The largest absolute Gasteiger partial charge is 0.374 e. The van der Waals surface area contributed by atoms with Gasteiger partial charge in [0.05, 0.1) is 11.7 Å². The number of hydrogen-bond donors (Lipinski definition) is 1. The van der Waals surface area contributed by atoms with Gasteiger partial charge in [-0.1, -0.05) is 66.7 Å². The van der Waals surface area contributed by atoms with Crippen LogP contribution in [0.2, 0.25) is 0 Å². The second-order valence-corrected chi connectivity index (χ2v) is 5.70. The Morgan fingerprint density at radius 2 is 1.44 bits per heavy atom. The van der Waals surface area contributed by atoms with E-state index in [0.29, 0.717) is 0 Å². The maximum atomic E-state index is 3.95. The molecule has 25 heavy (non-hydrogen) atoms. The molecular weight excluding hydrogens is 310 g/mol. The van der Waals surface area contributed by atoms with Crippen LogP contribution >= 0.6 is 0 Å². The summed E-state index contributed by atoms with van der Waals surface area (Å²) in [6.07, 6.45) is 1.59. The van der Waals surface area contributed by atoms with Crippen LogP contribution in [0.5, 0.6) is 0 Å². The van der Waals surface area contributed by atoms with E-state index in [1.54, 1.807) is 11.0 Å². The fourth-order valence-corrected chi connectivity index (χ4v) is 2.83. The summed E-state index contributed by atoms with van der Waals surface area (Å²) in [5.74, 6) is 0. The predicted molar refractivity (Wildman–Crippen MR) is 97.5 cm³/mol. The van der Waals surface area contributed by atoms with Gasteiger partial charge in [0.2, 0.25) is 0 Å². The first-order valence-electron chi connectivity index (χ1n) is 8.10. The highest BCUT2D eigenvalue weighted by atomic mass is 15.5. The molecule has 0 aliphatic heterocycles. The maximum absolute atomic E-state index is 3.95. The Morgan fingerprint density at radius 1 is 0.760 bits per heavy atom. The zero-order valence-electron chi connectivity index (χ0n) is 13.5. The van der Waals surface area contributed by atoms with Gasteiger partial charge in [0.1, 0.15) is 6.33 Å². The van der Waals surface area contributed by atoms with Crippen molar-refractivity contribution in [2.24, 2.45) is 0 Å². The second-order valence-electron chi connectivity index (χ2n) is 5.70. The van der Waals surface area contributed by atoms with E-state index in [-0.39, 0.29) is 6.04 Å². The summed E-state index contributed by atoms with van der Waals surface area (Å²) in [5.41, 5.74) is 4.34. The first-order chi connectivity index (χ1) is 12.4. The molecule has 1 N–H and O–H groups in total. The number of anilines is 1. The fraction of sp³-hybridized carbons (Fsp3) is 0.0500. The summed E-state index contributed by atoms with van der Waals surface area (Å²) < 4.78 is 1.64. The van der Waals surface area contributed by atoms with Crippen molar-refractivity contribution in [2.75, 3.05) is 5.32 Å². The van der Waals surface area contributed by atoms with Crippen LogP contribution in [-0.4, -0.2) is 20.2 Å². The molecule has 0 aliphatic rings. The van der Waals surface area contributed by atoms with Crippen molar-refractivity contribution in [1.29, 1.82) is 0 Å². The molecule has 0 saturated heterocycles. The zero-order chi connectivity index (χ0) is 16.9. The number of nitrogens with one attached hydrogen (secondary N) is 1. The van der Waals surface area contributed by atoms with Gasteiger partial charge in [-0.2, -0.15) is 0 Å². The molecule has 0 atom stereocenters. The molecule has 0 spiro atoms. The van der Waals surface area contributed by atoms with Crippen LogP contribution in [0.3, 0.4) is 0 Å². The van der Waals surface area contributed by atoms with Crippen molar-refractivity contribution < 1.29 is 0 Å². The van der Waals surface area contributed by atoms with Crippen LogP contribution in [0.1, 0.15) is 17.2 Å². The predicted octanol–water partition coefficient (Wildman–Crippen LogP) is 3.86. The van der Waals surface area contributed by atoms with E-state index in [0.717, 1.165) is 11.4 Å². The van der Waals surface area contributed by atoms with Gasteiger partial charge in [-0.25, -0.2) is 4.68 Å². The smallest absolute Gasteiger partial charge is 0.143 e. The number of hydrogen-bond acceptors (Lipinski definition) is 4. The first kappa shape index (κ1) is 15.1. The minimum Gasteiger partial charge on any atom is -0.374 e. The second kappa shape index (κ2) is 6.97.